The summed E-state index contributed by atoms with van der Waals surface area (Å²) in [4.78, 5) is 31.1. The van der Waals surface area contributed by atoms with Gasteiger partial charge in [-0.25, -0.2) is 0 Å². The molecule has 0 saturated carbocycles. The van der Waals surface area contributed by atoms with E-state index in [2.05, 4.69) is 43.1 Å². The van der Waals surface area contributed by atoms with Gasteiger partial charge in [-0.2, -0.15) is 0 Å². The summed E-state index contributed by atoms with van der Waals surface area (Å²) in [5, 5.41) is 3.10. The maximum atomic E-state index is 13.4. The topological polar surface area (TPSA) is 71.1 Å². The Bertz CT molecular complexity index is 841. The number of unbranched alkanes of at least 4 members (excludes halogenated alkanes) is 1. The Morgan fingerprint density at radius 2 is 1.82 bits per heavy atom. The van der Waals surface area contributed by atoms with E-state index in [9.17, 15) is 9.59 Å². The summed E-state index contributed by atoms with van der Waals surface area (Å²) in [5.41, 5.74) is 0.466. The minimum absolute atomic E-state index is 0. The number of piperazine rings is 1. The second kappa shape index (κ2) is 11.0. The molecule has 0 radical (unpaired) electrons. The van der Waals surface area contributed by atoms with Gasteiger partial charge in [-0.15, -0.1) is 12.4 Å². The largest absolute Gasteiger partial charge is 0.486 e. The molecule has 2 amide bonds. The van der Waals surface area contributed by atoms with Gasteiger partial charge in [0.05, 0.1) is 0 Å². The summed E-state index contributed by atoms with van der Waals surface area (Å²) in [5.74, 6) is 1.90. The molecule has 3 aliphatic rings. The number of benzene rings is 1. The second-order valence-corrected chi connectivity index (χ2v) is 9.47. The first kappa shape index (κ1) is 25.6. The Morgan fingerprint density at radius 3 is 2.48 bits per heavy atom. The Balaban J connectivity index is 0.00000306. The van der Waals surface area contributed by atoms with Crippen molar-refractivity contribution in [3.63, 3.8) is 0 Å². The molecule has 7 nitrogen and oxygen atoms in total. The van der Waals surface area contributed by atoms with Gasteiger partial charge in [0.15, 0.2) is 11.5 Å². The van der Waals surface area contributed by atoms with Crippen LogP contribution in [0.25, 0.3) is 0 Å². The predicted molar refractivity (Wildman–Crippen MR) is 130 cm³/mol. The highest BCUT2D eigenvalue weighted by molar-refractivity contribution is 6.00. The zero-order valence-corrected chi connectivity index (χ0v) is 20.9. The number of rotatable bonds is 7. The zero-order valence-electron chi connectivity index (χ0n) is 20.1. The summed E-state index contributed by atoms with van der Waals surface area (Å²) < 4.78 is 11.3. The van der Waals surface area contributed by atoms with Gasteiger partial charge >= 0.3 is 0 Å². The van der Waals surface area contributed by atoms with Crippen molar-refractivity contribution in [1.82, 2.24) is 15.1 Å². The highest BCUT2D eigenvalue weighted by Gasteiger charge is 2.53. The first-order valence-electron chi connectivity index (χ1n) is 12.2. The van der Waals surface area contributed by atoms with Crippen LogP contribution in [0.2, 0.25) is 0 Å². The van der Waals surface area contributed by atoms with Crippen molar-refractivity contribution in [1.29, 1.82) is 0 Å². The molecule has 3 heterocycles. The third-order valence-corrected chi connectivity index (χ3v) is 7.40. The number of nitrogens with one attached hydrogen (secondary N) is 1. The highest BCUT2D eigenvalue weighted by atomic mass is 35.5. The van der Waals surface area contributed by atoms with E-state index in [4.69, 9.17) is 9.47 Å². The van der Waals surface area contributed by atoms with Gasteiger partial charge in [0.1, 0.15) is 24.8 Å². The van der Waals surface area contributed by atoms with E-state index >= 15 is 0 Å². The molecule has 0 aromatic heterocycles. The first-order chi connectivity index (χ1) is 15.5. The molecule has 4 rings (SSSR count). The molecule has 184 valence electrons. The number of hydrogen-bond donors (Lipinski definition) is 1. The number of carbonyl (C=O) groups excluding carboxylic acids is 2. The Labute approximate surface area is 203 Å². The van der Waals surface area contributed by atoms with Crippen molar-refractivity contribution >= 4 is 24.2 Å². The zero-order chi connectivity index (χ0) is 22.7. The van der Waals surface area contributed by atoms with Crippen LogP contribution in [-0.4, -0.2) is 66.0 Å². The summed E-state index contributed by atoms with van der Waals surface area (Å²) in [7, 11) is 0. The average Bonchev–Trinajstić information content (AvgIpc) is 2.82. The maximum Gasteiger partial charge on any atom is 0.246 e. The molecule has 2 atom stereocenters. The van der Waals surface area contributed by atoms with Gasteiger partial charge in [-0.3, -0.25) is 14.5 Å². The van der Waals surface area contributed by atoms with Crippen LogP contribution in [0.3, 0.4) is 0 Å². The standard InChI is InChI=1S/C25H37N3O4.ClH/c1-4-6-11-28-23(29)22(18(3)5-2)26-24(30)25(28)9-12-27(13-10-25)17-19-7-8-20-21(16-19)32-15-14-31-20;/h7-8,16,18,22H,4-6,9-15,17H2,1-3H3,(H,26,30);1H/t18-,22-;/m0./s1. The molecule has 8 heteroatoms. The molecule has 0 unspecified atom stereocenters. The molecule has 1 aromatic carbocycles. The summed E-state index contributed by atoms with van der Waals surface area (Å²) in [6.07, 6.45) is 4.15. The SMILES string of the molecule is CCCCN1C(=O)[C@H]([C@@H](C)CC)NC(=O)C12CCN(Cc1ccc3c(c1)OCCO3)CC2.Cl. The third-order valence-electron chi connectivity index (χ3n) is 7.40. The normalized spacial score (nSPS) is 23.1. The van der Waals surface area contributed by atoms with Gasteiger partial charge in [-0.05, 0) is 42.9 Å². The van der Waals surface area contributed by atoms with Crippen molar-refractivity contribution in [2.24, 2.45) is 5.92 Å². The fourth-order valence-corrected chi connectivity index (χ4v) is 5.12. The number of carbonyl (C=O) groups is 2. The minimum atomic E-state index is -0.709. The molecule has 2 fully saturated rings. The molecule has 1 N–H and O–H groups in total. The number of halogens is 1. The summed E-state index contributed by atoms with van der Waals surface area (Å²) >= 11 is 0. The van der Waals surface area contributed by atoms with Crippen molar-refractivity contribution in [3.8, 4) is 11.5 Å². The number of ether oxygens (including phenoxy) is 2. The fourth-order valence-electron chi connectivity index (χ4n) is 5.12. The lowest BCUT2D eigenvalue weighted by Gasteiger charge is -2.52. The van der Waals surface area contributed by atoms with E-state index in [-0.39, 0.29) is 30.1 Å². The van der Waals surface area contributed by atoms with Gasteiger partial charge in [0, 0.05) is 26.2 Å². The van der Waals surface area contributed by atoms with E-state index in [1.54, 1.807) is 0 Å². The number of nitrogens with zero attached hydrogens (tertiary/aromatic N) is 2. The lowest BCUT2D eigenvalue weighted by Crippen LogP contribution is -2.73. The van der Waals surface area contributed by atoms with E-state index < -0.39 is 11.6 Å². The van der Waals surface area contributed by atoms with E-state index in [0.717, 1.165) is 50.4 Å². The molecule has 1 spiro atoms. The average molecular weight is 480 g/mol. The molecule has 33 heavy (non-hydrogen) atoms. The van der Waals surface area contributed by atoms with Crippen molar-refractivity contribution < 1.29 is 19.1 Å². The van der Waals surface area contributed by atoms with Gasteiger partial charge in [-0.1, -0.05) is 39.7 Å². The lowest BCUT2D eigenvalue weighted by molar-refractivity contribution is -0.162. The number of amides is 2. The highest BCUT2D eigenvalue weighted by Crippen LogP contribution is 2.36. The smallest absolute Gasteiger partial charge is 0.246 e. The molecular formula is C25H38ClN3O4. The number of likely N-dealkylation sites (tertiary alicyclic amines) is 1. The lowest BCUT2D eigenvalue weighted by atomic mass is 9.80. The van der Waals surface area contributed by atoms with Crippen molar-refractivity contribution in [2.75, 3.05) is 32.8 Å². The predicted octanol–water partition coefficient (Wildman–Crippen LogP) is 3.39. The van der Waals surface area contributed by atoms with Crippen LogP contribution in [0.1, 0.15) is 58.4 Å². The Hall–Kier alpha value is -1.99. The summed E-state index contributed by atoms with van der Waals surface area (Å²) in [6.45, 7) is 10.5. The third kappa shape index (κ3) is 5.09. The van der Waals surface area contributed by atoms with Gasteiger partial charge < -0.3 is 19.7 Å². The van der Waals surface area contributed by atoms with Crippen molar-refractivity contribution in [3.05, 3.63) is 23.8 Å². The Kier molecular flexibility index (Phi) is 8.51. The molecule has 3 aliphatic heterocycles. The van der Waals surface area contributed by atoms with Crippen LogP contribution >= 0.6 is 12.4 Å². The monoisotopic (exact) mass is 479 g/mol. The van der Waals surface area contributed by atoms with Crippen LogP contribution in [0.4, 0.5) is 0 Å². The maximum absolute atomic E-state index is 13.4. The van der Waals surface area contributed by atoms with Crippen LogP contribution in [-0.2, 0) is 16.1 Å². The van der Waals surface area contributed by atoms with Gasteiger partial charge in [0.25, 0.3) is 0 Å². The van der Waals surface area contributed by atoms with Crippen LogP contribution < -0.4 is 14.8 Å². The van der Waals surface area contributed by atoms with Crippen LogP contribution in [0, 0.1) is 5.92 Å². The molecule has 0 aliphatic carbocycles. The van der Waals surface area contributed by atoms with E-state index in [1.165, 1.54) is 5.56 Å². The Morgan fingerprint density at radius 1 is 1.12 bits per heavy atom. The van der Waals surface area contributed by atoms with Crippen LogP contribution in [0.5, 0.6) is 11.5 Å². The second-order valence-electron chi connectivity index (χ2n) is 9.47. The van der Waals surface area contributed by atoms with Crippen molar-refractivity contribution in [2.45, 2.75) is 71.0 Å². The molecule has 1 aromatic rings. The number of fused-ring (bicyclic) bond motifs is 1. The minimum Gasteiger partial charge on any atom is -0.486 e. The number of piperidine rings is 1. The quantitative estimate of drug-likeness (QED) is 0.649. The van der Waals surface area contributed by atoms with E-state index in [1.807, 2.05) is 11.0 Å². The molecule has 0 bridgehead atoms. The fraction of sp³-hybridized carbons (Fsp3) is 0.680. The molecular weight excluding hydrogens is 442 g/mol. The van der Waals surface area contributed by atoms with Crippen LogP contribution in [0.15, 0.2) is 18.2 Å². The van der Waals surface area contributed by atoms with E-state index in [0.29, 0.717) is 32.6 Å². The first-order valence-corrected chi connectivity index (χ1v) is 12.2. The number of hydrogen-bond acceptors (Lipinski definition) is 5. The van der Waals surface area contributed by atoms with Gasteiger partial charge in [0.2, 0.25) is 11.8 Å². The molecule has 2 saturated heterocycles. The summed E-state index contributed by atoms with van der Waals surface area (Å²) in [6, 6.07) is 5.72.